The van der Waals surface area contributed by atoms with Gasteiger partial charge in [0.1, 0.15) is 5.78 Å². The third-order valence-corrected chi connectivity index (χ3v) is 6.35. The second-order valence-corrected chi connectivity index (χ2v) is 9.80. The number of Topliss-reactive ketones (excluding diaryl/α,β-unsaturated/α-hetero) is 1. The number of nitrogens with one attached hydrogen (secondary N) is 2. The molecule has 0 heterocycles. The highest BCUT2D eigenvalue weighted by Gasteiger charge is 2.13. The maximum absolute atomic E-state index is 12.2. The van der Waals surface area contributed by atoms with Gasteiger partial charge < -0.3 is 5.32 Å². The number of carbonyl (C=O) groups excluding carboxylic acids is 2. The predicted octanol–water partition coefficient (Wildman–Crippen LogP) is 4.78. The Morgan fingerprint density at radius 1 is 0.853 bits per heavy atom. The molecular weight excluding hydrogens is 472 g/mol. The summed E-state index contributed by atoms with van der Waals surface area (Å²) in [5.74, 6) is -0.495. The third-order valence-electron chi connectivity index (χ3n) is 4.69. The molecule has 8 heteroatoms. The fourth-order valence-corrected chi connectivity index (χ4v) is 4.03. The summed E-state index contributed by atoms with van der Waals surface area (Å²) in [6, 6.07) is 22.9. The molecule has 3 aromatic rings. The van der Waals surface area contributed by atoms with Gasteiger partial charge in [0.2, 0.25) is 10.0 Å². The first kappa shape index (κ1) is 27.2. The number of hydrogen-bond donors (Lipinski definition) is 2. The van der Waals surface area contributed by atoms with E-state index in [-0.39, 0.29) is 29.7 Å². The van der Waals surface area contributed by atoms with Gasteiger partial charge in [-0.3, -0.25) is 9.59 Å². The molecule has 3 aromatic carbocycles. The highest BCUT2D eigenvalue weighted by Crippen LogP contribution is 2.14. The number of benzene rings is 3. The first-order chi connectivity index (χ1) is 16.2. The Hall–Kier alpha value is -3.00. The number of ketones is 1. The van der Waals surface area contributed by atoms with Crippen LogP contribution in [0.1, 0.15) is 41.8 Å². The molecule has 0 radical (unpaired) electrons. The van der Waals surface area contributed by atoms with Gasteiger partial charge in [-0.25, -0.2) is 13.1 Å². The van der Waals surface area contributed by atoms with Crippen LogP contribution in [0.2, 0.25) is 5.02 Å². The van der Waals surface area contributed by atoms with Gasteiger partial charge in [-0.1, -0.05) is 67.4 Å². The smallest absolute Gasteiger partial charge is 0.251 e. The van der Waals surface area contributed by atoms with E-state index >= 15 is 0 Å². The summed E-state index contributed by atoms with van der Waals surface area (Å²) < 4.78 is 26.9. The van der Waals surface area contributed by atoms with Gasteiger partial charge >= 0.3 is 0 Å². The molecule has 0 aromatic heterocycles. The van der Waals surface area contributed by atoms with Crippen molar-refractivity contribution in [3.05, 3.63) is 101 Å². The minimum Gasteiger partial charge on any atom is -0.345 e. The number of carbonyl (C=O) groups is 2. The van der Waals surface area contributed by atoms with Crippen LogP contribution in [0, 0.1) is 0 Å². The summed E-state index contributed by atoms with van der Waals surface area (Å²) in [4.78, 5) is 22.8. The lowest BCUT2D eigenvalue weighted by atomic mass is 10.1. The van der Waals surface area contributed by atoms with E-state index in [0.29, 0.717) is 16.1 Å². The van der Waals surface area contributed by atoms with E-state index in [1.807, 2.05) is 0 Å². The van der Waals surface area contributed by atoms with Crippen molar-refractivity contribution in [2.75, 3.05) is 6.54 Å². The van der Waals surface area contributed by atoms with Crippen LogP contribution in [0.15, 0.2) is 83.8 Å². The van der Waals surface area contributed by atoms with Crippen molar-refractivity contribution in [2.45, 2.75) is 38.1 Å². The van der Waals surface area contributed by atoms with Crippen molar-refractivity contribution < 1.29 is 18.0 Å². The zero-order valence-corrected chi connectivity index (χ0v) is 20.8. The van der Waals surface area contributed by atoms with Gasteiger partial charge in [-0.15, -0.1) is 0 Å². The summed E-state index contributed by atoms with van der Waals surface area (Å²) in [5, 5.41) is 2.95. The molecule has 0 atom stereocenters. The number of rotatable bonds is 9. The zero-order valence-electron chi connectivity index (χ0n) is 19.3. The average Bonchev–Trinajstić information content (AvgIpc) is 2.83. The molecule has 34 heavy (non-hydrogen) atoms. The van der Waals surface area contributed by atoms with Crippen molar-refractivity contribution >= 4 is 33.3 Å². The highest BCUT2D eigenvalue weighted by molar-refractivity contribution is 7.89. The minimum absolute atomic E-state index is 0.0263. The van der Waals surface area contributed by atoms with Crippen LogP contribution in [-0.2, 0) is 27.8 Å². The molecule has 0 aliphatic heterocycles. The Balaban J connectivity index is 0.000000379. The molecule has 0 unspecified atom stereocenters. The van der Waals surface area contributed by atoms with Crippen LogP contribution in [0.5, 0.6) is 0 Å². The lowest BCUT2D eigenvalue weighted by Crippen LogP contribution is -2.28. The Labute approximate surface area is 206 Å². The van der Waals surface area contributed by atoms with Crippen LogP contribution in [-0.4, -0.2) is 26.7 Å². The van der Waals surface area contributed by atoms with Gasteiger partial charge in [0.25, 0.3) is 5.91 Å². The number of halogens is 1. The quantitative estimate of drug-likeness (QED) is 0.442. The van der Waals surface area contributed by atoms with E-state index in [0.717, 1.165) is 0 Å². The second-order valence-electron chi connectivity index (χ2n) is 7.60. The zero-order chi connectivity index (χ0) is 25.0. The van der Waals surface area contributed by atoms with Crippen LogP contribution in [0.4, 0.5) is 0 Å². The molecule has 3 rings (SSSR count). The minimum atomic E-state index is -3.65. The van der Waals surface area contributed by atoms with E-state index in [1.165, 1.54) is 49.6 Å². The number of hydrogen-bond acceptors (Lipinski definition) is 4. The van der Waals surface area contributed by atoms with E-state index in [9.17, 15) is 18.0 Å². The normalized spacial score (nSPS) is 10.7. The van der Waals surface area contributed by atoms with Gasteiger partial charge in [0, 0.05) is 17.1 Å². The standard InChI is InChI=1S/C17H17ClN2O4S.C9H12/c1-12(21)10-19-17(22)14-4-2-13(3-5-14)11-20-25(23,24)16-8-6-15(18)7-9-16;1-2-6-9-7-4-3-5-8-9/h2-9,20H,10-11H2,1H3,(H,19,22);3-5,7-8H,2,6H2,1H3. The SMILES string of the molecule is CC(=O)CNC(=O)c1ccc(CNS(=O)(=O)c2ccc(Cl)cc2)cc1.CCCc1ccccc1. The molecule has 1 amide bonds. The van der Waals surface area contributed by atoms with Crippen LogP contribution < -0.4 is 10.0 Å². The van der Waals surface area contributed by atoms with Crippen LogP contribution in [0.3, 0.4) is 0 Å². The molecule has 2 N–H and O–H groups in total. The van der Waals surface area contributed by atoms with E-state index < -0.39 is 10.0 Å². The molecule has 0 saturated heterocycles. The summed E-state index contributed by atoms with van der Waals surface area (Å²) in [7, 11) is -3.65. The van der Waals surface area contributed by atoms with Crippen molar-refractivity contribution in [1.29, 1.82) is 0 Å². The van der Waals surface area contributed by atoms with Crippen molar-refractivity contribution in [1.82, 2.24) is 10.0 Å². The molecule has 0 saturated carbocycles. The summed E-state index contributed by atoms with van der Waals surface area (Å²) in [5.41, 5.74) is 2.53. The first-order valence-corrected chi connectivity index (χ1v) is 12.7. The summed E-state index contributed by atoms with van der Waals surface area (Å²) >= 11 is 5.75. The molecule has 0 aliphatic carbocycles. The summed E-state index contributed by atoms with van der Waals surface area (Å²) in [6.07, 6.45) is 2.45. The predicted molar refractivity (Wildman–Crippen MR) is 135 cm³/mol. The van der Waals surface area contributed by atoms with Crippen LogP contribution in [0.25, 0.3) is 0 Å². The Morgan fingerprint density at radius 3 is 2.03 bits per heavy atom. The molecule has 0 spiro atoms. The summed E-state index contributed by atoms with van der Waals surface area (Å²) in [6.45, 7) is 3.64. The fourth-order valence-electron chi connectivity index (χ4n) is 2.89. The largest absolute Gasteiger partial charge is 0.345 e. The molecule has 0 aliphatic rings. The van der Waals surface area contributed by atoms with Gasteiger partial charge in [0.05, 0.1) is 11.4 Å². The molecular formula is C26H29ClN2O4S. The number of sulfonamides is 1. The van der Waals surface area contributed by atoms with Crippen molar-refractivity contribution in [3.63, 3.8) is 0 Å². The van der Waals surface area contributed by atoms with Crippen molar-refractivity contribution in [3.8, 4) is 0 Å². The highest BCUT2D eigenvalue weighted by atomic mass is 35.5. The molecule has 0 fully saturated rings. The fraction of sp³-hybridized carbons (Fsp3) is 0.231. The topological polar surface area (TPSA) is 92.3 Å². The molecule has 180 valence electrons. The Kier molecular flexibility index (Phi) is 10.9. The Morgan fingerprint density at radius 2 is 1.47 bits per heavy atom. The van der Waals surface area contributed by atoms with Crippen LogP contribution >= 0.6 is 11.6 Å². The maximum atomic E-state index is 12.2. The lowest BCUT2D eigenvalue weighted by molar-refractivity contribution is -0.116. The number of amides is 1. The van der Waals surface area contributed by atoms with Gasteiger partial charge in [0.15, 0.2) is 0 Å². The lowest BCUT2D eigenvalue weighted by Gasteiger charge is -2.08. The maximum Gasteiger partial charge on any atom is 0.251 e. The number of aryl methyl sites for hydroxylation is 1. The second kappa shape index (κ2) is 13.6. The monoisotopic (exact) mass is 500 g/mol. The average molecular weight is 501 g/mol. The molecule has 6 nitrogen and oxygen atoms in total. The first-order valence-electron chi connectivity index (χ1n) is 10.9. The van der Waals surface area contributed by atoms with E-state index in [2.05, 4.69) is 47.3 Å². The Bertz CT molecular complexity index is 1160. The third kappa shape index (κ3) is 9.47. The van der Waals surface area contributed by atoms with Crippen molar-refractivity contribution in [2.24, 2.45) is 0 Å². The van der Waals surface area contributed by atoms with Gasteiger partial charge in [-0.2, -0.15) is 0 Å². The molecule has 0 bridgehead atoms. The van der Waals surface area contributed by atoms with Gasteiger partial charge in [-0.05, 0) is 60.9 Å². The van der Waals surface area contributed by atoms with E-state index in [4.69, 9.17) is 11.6 Å². The van der Waals surface area contributed by atoms with E-state index in [1.54, 1.807) is 24.3 Å².